The van der Waals surface area contributed by atoms with Crippen LogP contribution in [0.3, 0.4) is 0 Å². The molecular formula is C23H25FN4O2. The van der Waals surface area contributed by atoms with E-state index in [-0.39, 0.29) is 11.7 Å². The van der Waals surface area contributed by atoms with Crippen molar-refractivity contribution in [3.05, 3.63) is 71.2 Å². The third-order valence-corrected chi connectivity index (χ3v) is 5.48. The van der Waals surface area contributed by atoms with Crippen LogP contribution in [0.4, 0.5) is 10.1 Å². The zero-order valence-corrected chi connectivity index (χ0v) is 17.2. The molecule has 1 saturated heterocycles. The van der Waals surface area contributed by atoms with Crippen molar-refractivity contribution in [3.63, 3.8) is 0 Å². The molecule has 7 heteroatoms. The van der Waals surface area contributed by atoms with E-state index in [1.54, 1.807) is 19.1 Å². The van der Waals surface area contributed by atoms with Gasteiger partial charge < -0.3 is 19.6 Å². The molecule has 0 unspecified atom stereocenters. The molecule has 4 rings (SSSR count). The maximum absolute atomic E-state index is 13.3. The molecule has 2 heterocycles. The van der Waals surface area contributed by atoms with E-state index >= 15 is 0 Å². The van der Waals surface area contributed by atoms with Crippen molar-refractivity contribution >= 4 is 11.6 Å². The fourth-order valence-corrected chi connectivity index (χ4v) is 3.72. The lowest BCUT2D eigenvalue weighted by Crippen LogP contribution is -2.45. The summed E-state index contributed by atoms with van der Waals surface area (Å²) in [6.45, 7) is 6.05. The minimum absolute atomic E-state index is 0.263. The number of hydrogen-bond acceptors (Lipinski definition) is 5. The highest BCUT2D eigenvalue weighted by molar-refractivity contribution is 6.00. The highest BCUT2D eigenvalue weighted by atomic mass is 19.1. The van der Waals surface area contributed by atoms with Crippen molar-refractivity contribution in [2.45, 2.75) is 13.5 Å². The van der Waals surface area contributed by atoms with Crippen LogP contribution in [0, 0.1) is 12.7 Å². The van der Waals surface area contributed by atoms with E-state index in [0.29, 0.717) is 29.1 Å². The van der Waals surface area contributed by atoms with Crippen LogP contribution >= 0.6 is 0 Å². The lowest BCUT2D eigenvalue weighted by Gasteiger charge is -2.35. The Morgan fingerprint density at radius 2 is 1.80 bits per heavy atom. The van der Waals surface area contributed by atoms with Gasteiger partial charge >= 0.3 is 0 Å². The largest absolute Gasteiger partial charge is 0.369 e. The van der Waals surface area contributed by atoms with Crippen molar-refractivity contribution < 1.29 is 13.7 Å². The lowest BCUT2D eigenvalue weighted by atomic mass is 10.1. The van der Waals surface area contributed by atoms with Crippen LogP contribution < -0.4 is 10.2 Å². The summed E-state index contributed by atoms with van der Waals surface area (Å²) in [6.07, 6.45) is 0. The number of nitrogens with one attached hydrogen (secondary N) is 1. The summed E-state index contributed by atoms with van der Waals surface area (Å²) < 4.78 is 18.5. The average Bonchev–Trinajstić information content (AvgIpc) is 3.15. The Kier molecular flexibility index (Phi) is 5.81. The number of amides is 1. The Hall–Kier alpha value is -3.19. The van der Waals surface area contributed by atoms with E-state index in [9.17, 15) is 9.18 Å². The standard InChI is InChI=1S/C23H25FN4O2/c1-16-21(22(26-30-16)17-7-9-19(24)10-8-17)23(29)25-15-18-5-3-4-6-20(18)28-13-11-27(2)12-14-28/h3-10H,11-15H2,1-2H3,(H,25,29). The minimum atomic E-state index is -0.342. The first-order valence-corrected chi connectivity index (χ1v) is 10.0. The summed E-state index contributed by atoms with van der Waals surface area (Å²) in [5.41, 5.74) is 3.63. The molecule has 1 aliphatic heterocycles. The van der Waals surface area contributed by atoms with Crippen molar-refractivity contribution in [3.8, 4) is 11.3 Å². The van der Waals surface area contributed by atoms with E-state index in [2.05, 4.69) is 33.4 Å². The molecule has 0 aliphatic carbocycles. The van der Waals surface area contributed by atoms with Gasteiger partial charge in [-0.05, 0) is 49.9 Å². The molecule has 0 radical (unpaired) electrons. The van der Waals surface area contributed by atoms with Gasteiger partial charge in [0.05, 0.1) is 0 Å². The number of aromatic nitrogens is 1. The number of hydrogen-bond donors (Lipinski definition) is 1. The molecule has 30 heavy (non-hydrogen) atoms. The number of anilines is 1. The maximum Gasteiger partial charge on any atom is 0.257 e. The Bertz CT molecular complexity index is 1020. The monoisotopic (exact) mass is 408 g/mol. The topological polar surface area (TPSA) is 61.6 Å². The molecule has 0 bridgehead atoms. The summed E-state index contributed by atoms with van der Waals surface area (Å²) in [5.74, 6) is -0.175. The second-order valence-corrected chi connectivity index (χ2v) is 7.57. The predicted molar refractivity (Wildman–Crippen MR) is 114 cm³/mol. The van der Waals surface area contributed by atoms with E-state index in [0.717, 1.165) is 37.4 Å². The van der Waals surface area contributed by atoms with Gasteiger partial charge in [-0.2, -0.15) is 0 Å². The lowest BCUT2D eigenvalue weighted by molar-refractivity contribution is 0.0950. The van der Waals surface area contributed by atoms with Crippen LogP contribution in [-0.2, 0) is 6.54 Å². The van der Waals surface area contributed by atoms with Crippen LogP contribution in [0.2, 0.25) is 0 Å². The molecule has 3 aromatic rings. The van der Waals surface area contributed by atoms with E-state index in [1.165, 1.54) is 12.1 Å². The number of halogens is 1. The Morgan fingerprint density at radius 1 is 1.10 bits per heavy atom. The van der Waals surface area contributed by atoms with Gasteiger partial charge in [0.1, 0.15) is 22.8 Å². The van der Waals surface area contributed by atoms with Gasteiger partial charge in [-0.25, -0.2) is 4.39 Å². The van der Waals surface area contributed by atoms with Crippen LogP contribution in [0.25, 0.3) is 11.3 Å². The van der Waals surface area contributed by atoms with Gasteiger partial charge in [-0.1, -0.05) is 23.4 Å². The molecule has 1 aliphatic rings. The van der Waals surface area contributed by atoms with Gasteiger partial charge in [0.25, 0.3) is 5.91 Å². The third kappa shape index (κ3) is 4.21. The Morgan fingerprint density at radius 3 is 2.53 bits per heavy atom. The number of likely N-dealkylation sites (N-methyl/N-ethyl adjacent to an activating group) is 1. The molecule has 1 aromatic heterocycles. The second-order valence-electron chi connectivity index (χ2n) is 7.57. The summed E-state index contributed by atoms with van der Waals surface area (Å²) in [7, 11) is 2.13. The first-order valence-electron chi connectivity index (χ1n) is 10.0. The number of nitrogens with zero attached hydrogens (tertiary/aromatic N) is 3. The molecule has 1 fully saturated rings. The predicted octanol–water partition coefficient (Wildman–Crippen LogP) is 3.47. The number of para-hydroxylation sites is 1. The molecular weight excluding hydrogens is 383 g/mol. The summed E-state index contributed by atoms with van der Waals surface area (Å²) in [6, 6.07) is 14.0. The van der Waals surface area contributed by atoms with E-state index in [4.69, 9.17) is 4.52 Å². The highest BCUT2D eigenvalue weighted by Gasteiger charge is 2.22. The Balaban J connectivity index is 1.51. The first-order chi connectivity index (χ1) is 14.5. The number of carbonyl (C=O) groups excluding carboxylic acids is 1. The van der Waals surface area contributed by atoms with Crippen molar-refractivity contribution in [1.29, 1.82) is 0 Å². The van der Waals surface area contributed by atoms with E-state index in [1.807, 2.05) is 18.2 Å². The molecule has 2 aromatic carbocycles. The van der Waals surface area contributed by atoms with Gasteiger partial charge in [0, 0.05) is 44.0 Å². The molecule has 6 nitrogen and oxygen atoms in total. The number of carbonyl (C=O) groups is 1. The molecule has 0 atom stereocenters. The molecule has 0 spiro atoms. The van der Waals surface area contributed by atoms with Crippen LogP contribution in [0.1, 0.15) is 21.7 Å². The number of piperazine rings is 1. The number of benzene rings is 2. The summed E-state index contributed by atoms with van der Waals surface area (Å²) in [5, 5.41) is 7.02. The van der Waals surface area contributed by atoms with Crippen molar-refractivity contribution in [2.75, 3.05) is 38.1 Å². The minimum Gasteiger partial charge on any atom is -0.369 e. The molecule has 1 N–H and O–H groups in total. The maximum atomic E-state index is 13.3. The quantitative estimate of drug-likeness (QED) is 0.701. The fraction of sp³-hybridized carbons (Fsp3) is 0.304. The molecule has 0 saturated carbocycles. The summed E-state index contributed by atoms with van der Waals surface area (Å²) in [4.78, 5) is 17.7. The smallest absolute Gasteiger partial charge is 0.257 e. The highest BCUT2D eigenvalue weighted by Crippen LogP contribution is 2.26. The second kappa shape index (κ2) is 8.67. The number of rotatable bonds is 5. The summed E-state index contributed by atoms with van der Waals surface area (Å²) >= 11 is 0. The van der Waals surface area contributed by atoms with Gasteiger partial charge in [0.15, 0.2) is 0 Å². The number of aryl methyl sites for hydroxylation is 1. The Labute approximate surface area is 175 Å². The average molecular weight is 408 g/mol. The van der Waals surface area contributed by atoms with Crippen LogP contribution in [-0.4, -0.2) is 49.2 Å². The van der Waals surface area contributed by atoms with Gasteiger partial charge in [-0.3, -0.25) is 4.79 Å². The van der Waals surface area contributed by atoms with Gasteiger partial charge in [-0.15, -0.1) is 0 Å². The van der Waals surface area contributed by atoms with Gasteiger partial charge in [0.2, 0.25) is 0 Å². The fourth-order valence-electron chi connectivity index (χ4n) is 3.72. The van der Waals surface area contributed by atoms with Crippen molar-refractivity contribution in [1.82, 2.24) is 15.4 Å². The van der Waals surface area contributed by atoms with Crippen LogP contribution in [0.5, 0.6) is 0 Å². The zero-order valence-electron chi connectivity index (χ0n) is 17.2. The third-order valence-electron chi connectivity index (χ3n) is 5.48. The SMILES string of the molecule is Cc1onc(-c2ccc(F)cc2)c1C(=O)NCc1ccccc1N1CCN(C)CC1. The van der Waals surface area contributed by atoms with Crippen molar-refractivity contribution in [2.24, 2.45) is 0 Å². The molecule has 1 amide bonds. The zero-order chi connectivity index (χ0) is 21.1. The normalized spacial score (nSPS) is 14.7. The van der Waals surface area contributed by atoms with E-state index < -0.39 is 0 Å². The molecule has 156 valence electrons. The first kappa shape index (κ1) is 20.1. The van der Waals surface area contributed by atoms with Crippen LogP contribution in [0.15, 0.2) is 53.1 Å².